The van der Waals surface area contributed by atoms with Crippen LogP contribution in [-0.2, 0) is 0 Å². The minimum atomic E-state index is -1.32. The maximum atomic E-state index is 11.3. The van der Waals surface area contributed by atoms with Gasteiger partial charge in [-0.3, -0.25) is 10.1 Å². The monoisotopic (exact) mass is 334 g/mol. The fourth-order valence-electron chi connectivity index (χ4n) is 1.77. The minimum Gasteiger partial charge on any atom is -0.478 e. The molecule has 1 rings (SSSR count). The average Bonchev–Trinajstić information content (AvgIpc) is 2.41. The number of carboxylic acids is 1. The molecular weight excluding hydrogens is 320 g/mol. The summed E-state index contributed by atoms with van der Waals surface area (Å²) in [5.74, 6) is -1.32. The number of rotatable bonds is 7. The van der Waals surface area contributed by atoms with Gasteiger partial charge in [-0.25, -0.2) is 4.79 Å². The SMILES string of the molecule is CSC(CO)C(C)Nc1c(Cl)cc([N+](=O)[O-])cc1C(=O)O. The van der Waals surface area contributed by atoms with E-state index in [1.807, 2.05) is 6.26 Å². The summed E-state index contributed by atoms with van der Waals surface area (Å²) in [5.41, 5.74) is -0.562. The molecular formula is C12H15ClN2O5S. The van der Waals surface area contributed by atoms with Crippen molar-refractivity contribution in [1.82, 2.24) is 0 Å². The van der Waals surface area contributed by atoms with Crippen LogP contribution in [0.5, 0.6) is 0 Å². The van der Waals surface area contributed by atoms with Crippen LogP contribution in [0, 0.1) is 10.1 Å². The third-order valence-corrected chi connectivity index (χ3v) is 4.39. The molecule has 2 unspecified atom stereocenters. The van der Waals surface area contributed by atoms with Crippen molar-refractivity contribution in [3.63, 3.8) is 0 Å². The molecule has 3 N–H and O–H groups in total. The van der Waals surface area contributed by atoms with Gasteiger partial charge in [0, 0.05) is 23.4 Å². The Labute approximate surface area is 130 Å². The van der Waals surface area contributed by atoms with Crippen molar-refractivity contribution in [2.45, 2.75) is 18.2 Å². The number of thioether (sulfide) groups is 1. The Morgan fingerprint density at radius 3 is 2.62 bits per heavy atom. The van der Waals surface area contributed by atoms with E-state index in [-0.39, 0.29) is 39.9 Å². The summed E-state index contributed by atoms with van der Waals surface area (Å²) in [5, 5.41) is 31.9. The Morgan fingerprint density at radius 1 is 1.57 bits per heavy atom. The average molecular weight is 335 g/mol. The van der Waals surface area contributed by atoms with Crippen LogP contribution >= 0.6 is 23.4 Å². The second-order valence-electron chi connectivity index (χ2n) is 4.30. The summed E-state index contributed by atoms with van der Waals surface area (Å²) in [4.78, 5) is 21.3. The first kappa shape index (κ1) is 17.5. The van der Waals surface area contributed by atoms with Crippen LogP contribution < -0.4 is 5.32 Å². The van der Waals surface area contributed by atoms with Gasteiger partial charge in [0.2, 0.25) is 0 Å². The molecule has 0 aliphatic rings. The molecule has 0 radical (unpaired) electrons. The second kappa shape index (κ2) is 7.48. The van der Waals surface area contributed by atoms with E-state index in [0.717, 1.165) is 12.1 Å². The van der Waals surface area contributed by atoms with Gasteiger partial charge in [-0.1, -0.05) is 11.6 Å². The molecule has 0 aliphatic heterocycles. The van der Waals surface area contributed by atoms with E-state index in [4.69, 9.17) is 11.6 Å². The zero-order valence-corrected chi connectivity index (χ0v) is 12.9. The molecule has 0 bridgehead atoms. The number of carbonyl (C=O) groups is 1. The van der Waals surface area contributed by atoms with Crippen LogP contribution in [0.1, 0.15) is 17.3 Å². The minimum absolute atomic E-state index is 0.0498. The summed E-state index contributed by atoms with van der Waals surface area (Å²) in [6, 6.07) is 1.77. The lowest BCUT2D eigenvalue weighted by atomic mass is 10.1. The molecule has 0 aromatic heterocycles. The number of hydrogen-bond donors (Lipinski definition) is 3. The van der Waals surface area contributed by atoms with Gasteiger partial charge in [0.25, 0.3) is 5.69 Å². The van der Waals surface area contributed by atoms with Gasteiger partial charge in [-0.15, -0.1) is 0 Å². The number of non-ortho nitro benzene ring substituents is 1. The number of benzene rings is 1. The van der Waals surface area contributed by atoms with Crippen molar-refractivity contribution in [1.29, 1.82) is 0 Å². The standard InChI is InChI=1S/C12H15ClN2O5S/c1-6(10(5-16)21-2)14-11-8(12(17)18)3-7(15(19)20)4-9(11)13/h3-4,6,10,14,16H,5H2,1-2H3,(H,17,18). The van der Waals surface area contributed by atoms with Crippen LogP contribution in [0.4, 0.5) is 11.4 Å². The predicted octanol–water partition coefficient (Wildman–Crippen LogP) is 2.47. The van der Waals surface area contributed by atoms with E-state index >= 15 is 0 Å². The molecule has 9 heteroatoms. The van der Waals surface area contributed by atoms with Gasteiger partial charge in [-0.2, -0.15) is 11.8 Å². The highest BCUT2D eigenvalue weighted by Gasteiger charge is 2.23. The number of hydrogen-bond acceptors (Lipinski definition) is 6. The van der Waals surface area contributed by atoms with Gasteiger partial charge in [-0.05, 0) is 13.2 Å². The topological polar surface area (TPSA) is 113 Å². The quantitative estimate of drug-likeness (QED) is 0.518. The van der Waals surface area contributed by atoms with Gasteiger partial charge < -0.3 is 15.5 Å². The highest BCUT2D eigenvalue weighted by atomic mass is 35.5. The van der Waals surface area contributed by atoms with Gasteiger partial charge in [0.05, 0.1) is 27.8 Å². The molecule has 0 saturated heterocycles. The Kier molecular flexibility index (Phi) is 6.25. The van der Waals surface area contributed by atoms with Crippen molar-refractivity contribution in [3.05, 3.63) is 32.8 Å². The summed E-state index contributed by atoms with van der Waals surface area (Å²) < 4.78 is 0. The molecule has 1 aromatic carbocycles. The number of nitro groups is 1. The number of halogens is 1. The molecule has 0 heterocycles. The van der Waals surface area contributed by atoms with Crippen LogP contribution in [0.25, 0.3) is 0 Å². The maximum Gasteiger partial charge on any atom is 0.338 e. The summed E-state index contributed by atoms with van der Waals surface area (Å²) in [6.07, 6.45) is 1.81. The molecule has 7 nitrogen and oxygen atoms in total. The largest absolute Gasteiger partial charge is 0.478 e. The number of carboxylic acid groups (broad SMARTS) is 1. The van der Waals surface area contributed by atoms with Crippen molar-refractivity contribution in [2.24, 2.45) is 0 Å². The number of aliphatic hydroxyl groups is 1. The van der Waals surface area contributed by atoms with E-state index in [2.05, 4.69) is 5.32 Å². The molecule has 0 spiro atoms. The second-order valence-corrected chi connectivity index (χ2v) is 5.79. The lowest BCUT2D eigenvalue weighted by molar-refractivity contribution is -0.384. The van der Waals surface area contributed by atoms with Crippen LogP contribution in [0.2, 0.25) is 5.02 Å². The smallest absolute Gasteiger partial charge is 0.338 e. The Balaban J connectivity index is 3.22. The van der Waals surface area contributed by atoms with Crippen LogP contribution in [0.15, 0.2) is 12.1 Å². The first-order chi connectivity index (χ1) is 9.81. The van der Waals surface area contributed by atoms with E-state index in [9.17, 15) is 25.1 Å². The van der Waals surface area contributed by atoms with E-state index in [1.54, 1.807) is 6.92 Å². The van der Waals surface area contributed by atoms with Gasteiger partial charge >= 0.3 is 5.97 Å². The summed E-state index contributed by atoms with van der Waals surface area (Å²) >= 11 is 7.37. The van der Waals surface area contributed by atoms with E-state index in [0.29, 0.717) is 0 Å². The lowest BCUT2D eigenvalue weighted by Gasteiger charge is -2.23. The number of anilines is 1. The van der Waals surface area contributed by atoms with Crippen molar-refractivity contribution in [2.75, 3.05) is 18.2 Å². The first-order valence-corrected chi connectivity index (χ1v) is 7.59. The Bertz CT molecular complexity index is 551. The Hall–Kier alpha value is -1.51. The fourth-order valence-corrected chi connectivity index (χ4v) is 2.66. The van der Waals surface area contributed by atoms with Crippen molar-refractivity contribution >= 4 is 40.7 Å². The molecule has 1 aromatic rings. The van der Waals surface area contributed by atoms with Crippen LogP contribution in [-0.4, -0.2) is 45.3 Å². The van der Waals surface area contributed by atoms with E-state index < -0.39 is 10.9 Å². The molecule has 0 saturated carbocycles. The number of nitrogens with one attached hydrogen (secondary N) is 1. The highest BCUT2D eigenvalue weighted by molar-refractivity contribution is 7.99. The third-order valence-electron chi connectivity index (χ3n) is 2.93. The predicted molar refractivity (Wildman–Crippen MR) is 82.5 cm³/mol. The van der Waals surface area contributed by atoms with Gasteiger partial charge in [0.15, 0.2) is 0 Å². The van der Waals surface area contributed by atoms with E-state index in [1.165, 1.54) is 11.8 Å². The number of aliphatic hydroxyl groups excluding tert-OH is 1. The number of nitrogens with zero attached hydrogens (tertiary/aromatic N) is 1. The summed E-state index contributed by atoms with van der Waals surface area (Å²) in [6.45, 7) is 1.67. The first-order valence-electron chi connectivity index (χ1n) is 5.93. The maximum absolute atomic E-state index is 11.3. The third kappa shape index (κ3) is 4.23. The van der Waals surface area contributed by atoms with Gasteiger partial charge in [0.1, 0.15) is 0 Å². The van der Waals surface area contributed by atoms with Crippen molar-refractivity contribution in [3.8, 4) is 0 Å². The normalized spacial score (nSPS) is 13.5. The molecule has 0 fully saturated rings. The lowest BCUT2D eigenvalue weighted by Crippen LogP contribution is -2.31. The number of nitro benzene ring substituents is 1. The highest BCUT2D eigenvalue weighted by Crippen LogP contribution is 2.32. The fraction of sp³-hybridized carbons (Fsp3) is 0.417. The molecule has 2 atom stereocenters. The molecule has 0 aliphatic carbocycles. The zero-order valence-electron chi connectivity index (χ0n) is 11.4. The van der Waals surface area contributed by atoms with Crippen LogP contribution in [0.3, 0.4) is 0 Å². The summed E-state index contributed by atoms with van der Waals surface area (Å²) in [7, 11) is 0. The molecule has 0 amide bonds. The zero-order chi connectivity index (χ0) is 16.2. The molecule has 21 heavy (non-hydrogen) atoms. The number of aromatic carboxylic acids is 1. The molecule has 116 valence electrons. The van der Waals surface area contributed by atoms with Crippen molar-refractivity contribution < 1.29 is 19.9 Å². The Morgan fingerprint density at radius 2 is 2.19 bits per heavy atom.